The number of aryl methyl sites for hydroxylation is 3. The van der Waals surface area contributed by atoms with Crippen LogP contribution < -0.4 is 10.5 Å². The predicted octanol–water partition coefficient (Wildman–Crippen LogP) is 3.83. The topological polar surface area (TPSA) is 107 Å². The third-order valence-electron chi connectivity index (χ3n) is 4.74. The Morgan fingerprint density at radius 3 is 2.63 bits per heavy atom. The number of hydrogen-bond acceptors (Lipinski definition) is 5. The molecule has 0 aliphatic carbocycles. The summed E-state index contributed by atoms with van der Waals surface area (Å²) in [5.74, 6) is 0.0800. The summed E-state index contributed by atoms with van der Waals surface area (Å²) in [5.41, 5.74) is 4.33. The number of fused-ring (bicyclic) bond motifs is 1. The Hall–Kier alpha value is -2.36. The lowest BCUT2D eigenvalue weighted by atomic mass is 10.1. The molecule has 0 aliphatic rings. The third kappa shape index (κ3) is 5.21. The lowest BCUT2D eigenvalue weighted by molar-refractivity contribution is -0.113. The van der Waals surface area contributed by atoms with Gasteiger partial charge in [-0.3, -0.25) is 4.79 Å². The zero-order valence-corrected chi connectivity index (χ0v) is 18.9. The van der Waals surface area contributed by atoms with Crippen LogP contribution in [0.1, 0.15) is 30.9 Å². The predicted molar refractivity (Wildman–Crippen MR) is 121 cm³/mol. The number of benzene rings is 2. The van der Waals surface area contributed by atoms with Crippen LogP contribution in [0.5, 0.6) is 0 Å². The molecule has 9 heteroatoms. The monoisotopic (exact) mass is 446 g/mol. The van der Waals surface area contributed by atoms with Crippen molar-refractivity contribution in [3.05, 3.63) is 47.5 Å². The first kappa shape index (κ1) is 22.3. The van der Waals surface area contributed by atoms with Crippen molar-refractivity contribution in [2.24, 2.45) is 5.14 Å². The van der Waals surface area contributed by atoms with Crippen molar-refractivity contribution in [1.82, 2.24) is 9.55 Å². The minimum absolute atomic E-state index is 0.0271. The van der Waals surface area contributed by atoms with Crippen LogP contribution in [0.4, 0.5) is 5.69 Å². The molecule has 0 atom stereocenters. The summed E-state index contributed by atoms with van der Waals surface area (Å²) in [6.45, 7) is 6.81. The molecule has 3 rings (SSSR count). The van der Waals surface area contributed by atoms with Gasteiger partial charge in [0.25, 0.3) is 0 Å². The number of thioether (sulfide) groups is 1. The molecule has 0 fully saturated rings. The lowest BCUT2D eigenvalue weighted by Crippen LogP contribution is -2.15. The molecule has 0 saturated heterocycles. The fraction of sp³-hybridized carbons (Fsp3) is 0.333. The molecular weight excluding hydrogens is 420 g/mol. The molecule has 2 aromatic carbocycles. The number of anilines is 1. The van der Waals surface area contributed by atoms with Gasteiger partial charge in [0, 0.05) is 12.2 Å². The zero-order chi connectivity index (χ0) is 21.9. The van der Waals surface area contributed by atoms with Crippen LogP contribution in [-0.2, 0) is 21.4 Å². The molecule has 30 heavy (non-hydrogen) atoms. The first-order valence-corrected chi connectivity index (χ1v) is 12.2. The van der Waals surface area contributed by atoms with Crippen molar-refractivity contribution in [3.8, 4) is 0 Å². The highest BCUT2D eigenvalue weighted by Crippen LogP contribution is 2.27. The summed E-state index contributed by atoms with van der Waals surface area (Å²) in [6.07, 6.45) is 1.96. The number of aromatic nitrogens is 2. The van der Waals surface area contributed by atoms with E-state index in [0.717, 1.165) is 41.7 Å². The maximum absolute atomic E-state index is 12.5. The number of carbonyl (C=O) groups excluding carboxylic acids is 1. The normalized spacial score (nSPS) is 11.7. The van der Waals surface area contributed by atoms with Gasteiger partial charge in [0.2, 0.25) is 15.9 Å². The SMILES string of the molecule is CCCCn1c(SCC(=O)Nc2ccc(C)cc2C)nc2cc(S(N)(=O)=O)ccc21. The molecule has 0 saturated carbocycles. The van der Waals surface area contributed by atoms with E-state index < -0.39 is 10.0 Å². The molecular formula is C21H26N4O3S2. The summed E-state index contributed by atoms with van der Waals surface area (Å²) in [7, 11) is -3.80. The molecule has 3 aromatic rings. The van der Waals surface area contributed by atoms with E-state index in [0.29, 0.717) is 10.7 Å². The summed E-state index contributed by atoms with van der Waals surface area (Å²) in [5, 5.41) is 8.87. The summed E-state index contributed by atoms with van der Waals surface area (Å²) >= 11 is 1.33. The summed E-state index contributed by atoms with van der Waals surface area (Å²) in [4.78, 5) is 17.1. The van der Waals surface area contributed by atoms with Crippen LogP contribution in [-0.4, -0.2) is 29.6 Å². The number of nitrogens with two attached hydrogens (primary N) is 1. The molecule has 1 aromatic heterocycles. The number of carbonyl (C=O) groups is 1. The second kappa shape index (κ2) is 9.20. The van der Waals surface area contributed by atoms with Gasteiger partial charge < -0.3 is 9.88 Å². The van der Waals surface area contributed by atoms with Gasteiger partial charge in [0.1, 0.15) is 0 Å². The van der Waals surface area contributed by atoms with E-state index in [1.165, 1.54) is 23.9 Å². The van der Waals surface area contributed by atoms with E-state index in [1.54, 1.807) is 6.07 Å². The number of primary sulfonamides is 1. The van der Waals surface area contributed by atoms with Gasteiger partial charge in [-0.05, 0) is 50.1 Å². The Balaban J connectivity index is 1.82. The molecule has 1 amide bonds. The highest BCUT2D eigenvalue weighted by molar-refractivity contribution is 7.99. The minimum atomic E-state index is -3.80. The van der Waals surface area contributed by atoms with Gasteiger partial charge in [-0.15, -0.1) is 0 Å². The van der Waals surface area contributed by atoms with Gasteiger partial charge in [0.05, 0.1) is 21.7 Å². The Bertz CT molecular complexity index is 1190. The summed E-state index contributed by atoms with van der Waals surface area (Å²) < 4.78 is 25.4. The number of imidazole rings is 1. The van der Waals surface area contributed by atoms with Crippen LogP contribution in [0, 0.1) is 13.8 Å². The minimum Gasteiger partial charge on any atom is -0.325 e. The maximum atomic E-state index is 12.5. The number of nitrogens with one attached hydrogen (secondary N) is 1. The molecule has 7 nitrogen and oxygen atoms in total. The van der Waals surface area contributed by atoms with Crippen LogP contribution in [0.25, 0.3) is 11.0 Å². The number of nitrogens with zero attached hydrogens (tertiary/aromatic N) is 2. The fourth-order valence-electron chi connectivity index (χ4n) is 3.18. The second-order valence-corrected chi connectivity index (χ2v) is 9.75. The van der Waals surface area contributed by atoms with E-state index in [1.807, 2.05) is 36.6 Å². The van der Waals surface area contributed by atoms with Crippen LogP contribution in [0.15, 0.2) is 46.5 Å². The average Bonchev–Trinajstić information content (AvgIpc) is 3.03. The molecule has 0 unspecified atom stereocenters. The molecule has 0 aliphatic heterocycles. The molecule has 1 heterocycles. The van der Waals surface area contributed by atoms with Crippen molar-refractivity contribution in [3.63, 3.8) is 0 Å². The number of sulfonamides is 1. The van der Waals surface area contributed by atoms with Crippen molar-refractivity contribution in [2.75, 3.05) is 11.1 Å². The van der Waals surface area contributed by atoms with Crippen LogP contribution >= 0.6 is 11.8 Å². The molecule has 160 valence electrons. The van der Waals surface area contributed by atoms with Crippen molar-refractivity contribution in [1.29, 1.82) is 0 Å². The van der Waals surface area contributed by atoms with E-state index in [9.17, 15) is 13.2 Å². The van der Waals surface area contributed by atoms with Crippen molar-refractivity contribution >= 4 is 44.4 Å². The Labute approximate surface area is 181 Å². The molecule has 0 spiro atoms. The summed E-state index contributed by atoms with van der Waals surface area (Å²) in [6, 6.07) is 10.6. The number of unbranched alkanes of at least 4 members (excludes halogenated alkanes) is 1. The average molecular weight is 447 g/mol. The van der Waals surface area contributed by atoms with E-state index >= 15 is 0 Å². The van der Waals surface area contributed by atoms with Gasteiger partial charge in [-0.1, -0.05) is 42.8 Å². The molecule has 0 bridgehead atoms. The van der Waals surface area contributed by atoms with E-state index in [4.69, 9.17) is 5.14 Å². The van der Waals surface area contributed by atoms with Gasteiger partial charge in [-0.2, -0.15) is 0 Å². The largest absolute Gasteiger partial charge is 0.325 e. The van der Waals surface area contributed by atoms with Crippen LogP contribution in [0.3, 0.4) is 0 Å². The Morgan fingerprint density at radius 1 is 1.20 bits per heavy atom. The maximum Gasteiger partial charge on any atom is 0.238 e. The smallest absolute Gasteiger partial charge is 0.238 e. The zero-order valence-electron chi connectivity index (χ0n) is 17.3. The Morgan fingerprint density at radius 2 is 1.97 bits per heavy atom. The number of amides is 1. The second-order valence-electron chi connectivity index (χ2n) is 7.25. The number of rotatable bonds is 8. The first-order chi connectivity index (χ1) is 14.2. The first-order valence-electron chi connectivity index (χ1n) is 9.72. The van der Waals surface area contributed by atoms with E-state index in [2.05, 4.69) is 17.2 Å². The highest BCUT2D eigenvalue weighted by atomic mass is 32.2. The molecule has 3 N–H and O–H groups in total. The fourth-order valence-corrected chi connectivity index (χ4v) is 4.55. The van der Waals surface area contributed by atoms with Crippen molar-refractivity contribution in [2.45, 2.75) is 50.2 Å². The standard InChI is InChI=1S/C21H26N4O3S2/c1-4-5-10-25-19-9-7-16(30(22,27)28)12-18(19)24-21(25)29-13-20(26)23-17-8-6-14(2)11-15(17)3/h6-9,11-12H,4-5,10,13H2,1-3H3,(H,23,26)(H2,22,27,28). The van der Waals surface area contributed by atoms with Gasteiger partial charge >= 0.3 is 0 Å². The van der Waals surface area contributed by atoms with Gasteiger partial charge in [0.15, 0.2) is 5.16 Å². The molecule has 0 radical (unpaired) electrons. The van der Waals surface area contributed by atoms with Crippen molar-refractivity contribution < 1.29 is 13.2 Å². The van der Waals surface area contributed by atoms with E-state index in [-0.39, 0.29) is 16.6 Å². The Kier molecular flexibility index (Phi) is 6.84. The van der Waals surface area contributed by atoms with Gasteiger partial charge in [-0.25, -0.2) is 18.5 Å². The highest BCUT2D eigenvalue weighted by Gasteiger charge is 2.16. The lowest BCUT2D eigenvalue weighted by Gasteiger charge is -2.10. The van der Waals surface area contributed by atoms with Crippen LogP contribution in [0.2, 0.25) is 0 Å². The quantitative estimate of drug-likeness (QED) is 0.511. The third-order valence-corrected chi connectivity index (χ3v) is 6.62. The number of hydrogen-bond donors (Lipinski definition) is 2.